The molecule has 2 fully saturated rings. The van der Waals surface area contributed by atoms with E-state index in [9.17, 15) is 8.42 Å². The predicted octanol–water partition coefficient (Wildman–Crippen LogP) is 2.53. The van der Waals surface area contributed by atoms with E-state index in [0.717, 1.165) is 0 Å². The number of piperazine rings is 1. The highest BCUT2D eigenvalue weighted by Crippen LogP contribution is 2.33. The third-order valence-corrected chi connectivity index (χ3v) is 7.33. The van der Waals surface area contributed by atoms with E-state index in [0.29, 0.717) is 45.2 Å². The molecule has 2 aromatic rings. The Bertz CT molecular complexity index is 904. The van der Waals surface area contributed by atoms with Gasteiger partial charge >= 0.3 is 0 Å². The molecule has 0 spiro atoms. The molecule has 2 heterocycles. The molecule has 2 atom stereocenters. The Morgan fingerprint density at radius 3 is 2.57 bits per heavy atom. The van der Waals surface area contributed by atoms with Crippen molar-refractivity contribution in [3.05, 3.63) is 60.2 Å². The van der Waals surface area contributed by atoms with Crippen LogP contribution < -0.4 is 4.74 Å². The topological polar surface area (TPSA) is 59.1 Å². The van der Waals surface area contributed by atoms with Gasteiger partial charge in [0.15, 0.2) is 0 Å². The Morgan fingerprint density at radius 1 is 1.04 bits per heavy atom. The average molecular weight is 403 g/mol. The molecule has 7 heteroatoms. The lowest BCUT2D eigenvalue weighted by atomic mass is 10.0. The van der Waals surface area contributed by atoms with Gasteiger partial charge in [-0.2, -0.15) is 4.31 Å². The van der Waals surface area contributed by atoms with Crippen molar-refractivity contribution < 1.29 is 17.9 Å². The van der Waals surface area contributed by atoms with E-state index < -0.39 is 10.0 Å². The quantitative estimate of drug-likeness (QED) is 0.769. The third-order valence-electron chi connectivity index (χ3n) is 5.43. The number of morpholine rings is 1. The molecule has 0 N–H and O–H groups in total. The highest BCUT2D eigenvalue weighted by Gasteiger charge is 2.40. The lowest BCUT2D eigenvalue weighted by Crippen LogP contribution is -2.59. The van der Waals surface area contributed by atoms with Gasteiger partial charge in [-0.1, -0.05) is 42.5 Å². The summed E-state index contributed by atoms with van der Waals surface area (Å²) in [7, 11) is -3.62. The summed E-state index contributed by atoms with van der Waals surface area (Å²) in [6.07, 6.45) is 0. The SMILES string of the molecule is CCOc1ccccc1S(=O)(=O)N1CCN2[C@@H](COC[C@@H]2c2ccccc2)C1. The number of hydrogen-bond acceptors (Lipinski definition) is 5. The highest BCUT2D eigenvalue weighted by atomic mass is 32.2. The second-order valence-corrected chi connectivity index (χ2v) is 9.00. The van der Waals surface area contributed by atoms with Crippen molar-refractivity contribution in [2.75, 3.05) is 39.5 Å². The maximum atomic E-state index is 13.3. The zero-order chi connectivity index (χ0) is 19.6. The predicted molar refractivity (Wildman–Crippen MR) is 107 cm³/mol. The Morgan fingerprint density at radius 2 is 1.79 bits per heavy atom. The van der Waals surface area contributed by atoms with Crippen LogP contribution in [0, 0.1) is 0 Å². The zero-order valence-corrected chi connectivity index (χ0v) is 16.8. The lowest BCUT2D eigenvalue weighted by molar-refractivity contribution is -0.0709. The number of rotatable bonds is 5. The first-order valence-electron chi connectivity index (χ1n) is 9.71. The van der Waals surface area contributed by atoms with Gasteiger partial charge in [0.2, 0.25) is 10.0 Å². The maximum Gasteiger partial charge on any atom is 0.246 e. The molecule has 0 radical (unpaired) electrons. The molecule has 2 aliphatic heterocycles. The first-order chi connectivity index (χ1) is 13.6. The van der Waals surface area contributed by atoms with Crippen LogP contribution in [0.3, 0.4) is 0 Å². The van der Waals surface area contributed by atoms with Crippen molar-refractivity contribution in [3.63, 3.8) is 0 Å². The van der Waals surface area contributed by atoms with E-state index in [1.54, 1.807) is 28.6 Å². The number of fused-ring (bicyclic) bond motifs is 1. The van der Waals surface area contributed by atoms with E-state index in [2.05, 4.69) is 17.0 Å². The van der Waals surface area contributed by atoms with Gasteiger partial charge in [0.1, 0.15) is 10.6 Å². The normalized spacial score (nSPS) is 23.9. The zero-order valence-electron chi connectivity index (χ0n) is 16.0. The van der Waals surface area contributed by atoms with Gasteiger partial charge in [0, 0.05) is 25.7 Å². The van der Waals surface area contributed by atoms with Gasteiger partial charge in [0.25, 0.3) is 0 Å². The summed E-state index contributed by atoms with van der Waals surface area (Å²) in [5.41, 5.74) is 1.21. The standard InChI is InChI=1S/C21H26N2O4S/c1-2-27-20-10-6-7-11-21(20)28(24,25)22-12-13-23-18(14-22)15-26-16-19(23)17-8-4-3-5-9-17/h3-11,18-19H,2,12-16H2,1H3/t18-,19-/m1/s1. The average Bonchev–Trinajstić information content (AvgIpc) is 2.74. The molecule has 2 saturated heterocycles. The summed E-state index contributed by atoms with van der Waals surface area (Å²) in [6.45, 7) is 5.03. The first-order valence-corrected chi connectivity index (χ1v) is 11.2. The van der Waals surface area contributed by atoms with Gasteiger partial charge in [-0.15, -0.1) is 0 Å². The van der Waals surface area contributed by atoms with Crippen molar-refractivity contribution in [3.8, 4) is 5.75 Å². The first kappa shape index (κ1) is 19.4. The minimum Gasteiger partial charge on any atom is -0.492 e. The molecule has 0 aromatic heterocycles. The van der Waals surface area contributed by atoms with Crippen molar-refractivity contribution in [2.45, 2.75) is 23.9 Å². The summed E-state index contributed by atoms with van der Waals surface area (Å²) >= 11 is 0. The van der Waals surface area contributed by atoms with E-state index in [4.69, 9.17) is 9.47 Å². The molecular weight excluding hydrogens is 376 g/mol. The van der Waals surface area contributed by atoms with Gasteiger partial charge in [-0.05, 0) is 24.6 Å². The van der Waals surface area contributed by atoms with Crippen LogP contribution in [0.2, 0.25) is 0 Å². The summed E-state index contributed by atoms with van der Waals surface area (Å²) in [5.74, 6) is 0.412. The van der Waals surface area contributed by atoms with Gasteiger partial charge in [0.05, 0.1) is 25.9 Å². The molecule has 0 bridgehead atoms. The van der Waals surface area contributed by atoms with Crippen LogP contribution in [0.5, 0.6) is 5.75 Å². The number of ether oxygens (including phenoxy) is 2. The van der Waals surface area contributed by atoms with Crippen molar-refractivity contribution in [1.82, 2.24) is 9.21 Å². The number of para-hydroxylation sites is 1. The van der Waals surface area contributed by atoms with Crippen molar-refractivity contribution >= 4 is 10.0 Å². The summed E-state index contributed by atoms with van der Waals surface area (Å²) in [6, 6.07) is 17.4. The van der Waals surface area contributed by atoms with E-state index in [1.807, 2.05) is 25.1 Å². The molecule has 0 saturated carbocycles. The summed E-state index contributed by atoms with van der Waals surface area (Å²) < 4.78 is 39.6. The summed E-state index contributed by atoms with van der Waals surface area (Å²) in [5, 5.41) is 0. The maximum absolute atomic E-state index is 13.3. The number of hydrogen-bond donors (Lipinski definition) is 0. The molecule has 6 nitrogen and oxygen atoms in total. The van der Waals surface area contributed by atoms with Gasteiger partial charge in [-0.25, -0.2) is 8.42 Å². The van der Waals surface area contributed by atoms with Crippen LogP contribution in [0.25, 0.3) is 0 Å². The minimum atomic E-state index is -3.62. The molecule has 0 amide bonds. The van der Waals surface area contributed by atoms with Crippen LogP contribution in [0.15, 0.2) is 59.5 Å². The third kappa shape index (κ3) is 3.67. The van der Waals surface area contributed by atoms with Crippen LogP contribution >= 0.6 is 0 Å². The molecule has 2 aliphatic rings. The largest absolute Gasteiger partial charge is 0.492 e. The molecule has 28 heavy (non-hydrogen) atoms. The van der Waals surface area contributed by atoms with Crippen molar-refractivity contribution in [1.29, 1.82) is 0 Å². The Kier molecular flexibility index (Phi) is 5.68. The second kappa shape index (κ2) is 8.21. The van der Waals surface area contributed by atoms with Crippen LogP contribution in [0.4, 0.5) is 0 Å². The molecule has 0 aliphatic carbocycles. The van der Waals surface area contributed by atoms with Crippen LogP contribution in [0.1, 0.15) is 18.5 Å². The summed E-state index contributed by atoms with van der Waals surface area (Å²) in [4.78, 5) is 2.63. The van der Waals surface area contributed by atoms with Crippen molar-refractivity contribution in [2.24, 2.45) is 0 Å². The van der Waals surface area contributed by atoms with Gasteiger partial charge < -0.3 is 9.47 Å². The fourth-order valence-corrected chi connectivity index (χ4v) is 5.67. The number of benzene rings is 2. The Balaban J connectivity index is 1.55. The minimum absolute atomic E-state index is 0.0433. The molecule has 2 aromatic carbocycles. The molecule has 0 unspecified atom stereocenters. The van der Waals surface area contributed by atoms with E-state index in [1.165, 1.54) is 5.56 Å². The number of sulfonamides is 1. The Labute approximate surface area is 166 Å². The molecular formula is C21H26N2O4S. The Hall–Kier alpha value is -1.93. The van der Waals surface area contributed by atoms with Crippen LogP contribution in [-0.4, -0.2) is 63.1 Å². The smallest absolute Gasteiger partial charge is 0.246 e. The van der Waals surface area contributed by atoms with E-state index >= 15 is 0 Å². The van der Waals surface area contributed by atoms with Gasteiger partial charge in [-0.3, -0.25) is 4.90 Å². The molecule has 4 rings (SSSR count). The fraction of sp³-hybridized carbons (Fsp3) is 0.429. The highest BCUT2D eigenvalue weighted by molar-refractivity contribution is 7.89. The monoisotopic (exact) mass is 402 g/mol. The lowest BCUT2D eigenvalue weighted by Gasteiger charge is -2.47. The second-order valence-electron chi connectivity index (χ2n) is 7.10. The number of nitrogens with zero attached hydrogens (tertiary/aromatic N) is 2. The fourth-order valence-electron chi connectivity index (χ4n) is 4.07. The van der Waals surface area contributed by atoms with E-state index in [-0.39, 0.29) is 17.0 Å². The van der Waals surface area contributed by atoms with Crippen LogP contribution in [-0.2, 0) is 14.8 Å². The molecule has 150 valence electrons.